The van der Waals surface area contributed by atoms with Crippen molar-refractivity contribution in [1.29, 1.82) is 0 Å². The molecular weight excluding hydrogens is 561 g/mol. The van der Waals surface area contributed by atoms with E-state index in [0.717, 1.165) is 19.3 Å². The van der Waals surface area contributed by atoms with Gasteiger partial charge in [0.05, 0.1) is 0 Å². The minimum absolute atomic E-state index is 0. The average Bonchev–Trinajstić information content (AvgIpc) is 2.90. The smallest absolute Gasteiger partial charge is 0.0267 e. The first-order valence-corrected chi connectivity index (χ1v) is 14.6. The maximum absolute atomic E-state index is 7.47. The first kappa shape index (κ1) is 31.6. The van der Waals surface area contributed by atoms with Crippen molar-refractivity contribution >= 4 is 24.0 Å². The van der Waals surface area contributed by atoms with Crippen LogP contribution in [0.25, 0.3) is 0 Å². The van der Waals surface area contributed by atoms with Gasteiger partial charge in [0.15, 0.2) is 0 Å². The summed E-state index contributed by atoms with van der Waals surface area (Å²) >= 11 is 0. The molecule has 3 aromatic rings. The minimum atomic E-state index is -0.280. The molecule has 0 amide bonds. The SMILES string of the molecule is CCCCCCCCCCCCC(Cc1ccccc1)C(N)(Cc1ccccc1)Cc1ccccc1.I. The maximum Gasteiger partial charge on any atom is 0.0267 e. The lowest BCUT2D eigenvalue weighted by molar-refractivity contribution is 0.241. The molecule has 0 saturated heterocycles. The average molecular weight is 612 g/mol. The van der Waals surface area contributed by atoms with E-state index in [-0.39, 0.29) is 29.5 Å². The number of hydrogen-bond acceptors (Lipinski definition) is 1. The zero-order valence-electron chi connectivity index (χ0n) is 23.1. The summed E-state index contributed by atoms with van der Waals surface area (Å²) in [4.78, 5) is 0. The maximum atomic E-state index is 7.47. The highest BCUT2D eigenvalue weighted by atomic mass is 127. The molecule has 0 spiro atoms. The second kappa shape index (κ2) is 18.6. The molecule has 3 rings (SSSR count). The lowest BCUT2D eigenvalue weighted by Gasteiger charge is -2.39. The molecule has 0 bridgehead atoms. The number of nitrogens with two attached hydrogens (primary N) is 1. The number of benzene rings is 3. The third kappa shape index (κ3) is 12.2. The summed E-state index contributed by atoms with van der Waals surface area (Å²) in [6.45, 7) is 2.29. The molecule has 0 aromatic heterocycles. The molecule has 1 unspecified atom stereocenters. The standard InChI is InChI=1S/C35H49N.HI/c1-2-3-4-5-6-7-8-9-10-20-27-34(28-31-21-14-11-15-22-31)35(36,29-32-23-16-12-17-24-32)30-33-25-18-13-19-26-33;/h11-19,21-26,34H,2-10,20,27-30,36H2,1H3;1H. The van der Waals surface area contributed by atoms with Crippen molar-refractivity contribution in [1.82, 2.24) is 0 Å². The van der Waals surface area contributed by atoms with E-state index in [1.807, 2.05) is 0 Å². The van der Waals surface area contributed by atoms with Gasteiger partial charge in [-0.05, 0) is 48.3 Å². The lowest BCUT2D eigenvalue weighted by Crippen LogP contribution is -2.52. The fourth-order valence-corrected chi connectivity index (χ4v) is 5.67. The highest BCUT2D eigenvalue weighted by Crippen LogP contribution is 2.32. The summed E-state index contributed by atoms with van der Waals surface area (Å²) in [6, 6.07) is 32.8. The Bertz CT molecular complexity index is 884. The Morgan fingerprint density at radius 3 is 1.35 bits per heavy atom. The molecule has 0 saturated carbocycles. The van der Waals surface area contributed by atoms with Gasteiger partial charge in [-0.2, -0.15) is 0 Å². The Labute approximate surface area is 244 Å². The van der Waals surface area contributed by atoms with Crippen molar-refractivity contribution in [3.63, 3.8) is 0 Å². The molecule has 2 N–H and O–H groups in total. The van der Waals surface area contributed by atoms with Crippen LogP contribution in [-0.2, 0) is 19.3 Å². The van der Waals surface area contributed by atoms with Crippen LogP contribution < -0.4 is 5.73 Å². The third-order valence-corrected chi connectivity index (χ3v) is 7.80. The van der Waals surface area contributed by atoms with Gasteiger partial charge in [-0.1, -0.05) is 162 Å². The largest absolute Gasteiger partial charge is 0.324 e. The summed E-state index contributed by atoms with van der Waals surface area (Å²) in [5, 5.41) is 0. The van der Waals surface area contributed by atoms with E-state index in [2.05, 4.69) is 97.9 Å². The van der Waals surface area contributed by atoms with Crippen LogP contribution in [0.4, 0.5) is 0 Å². The Balaban J connectivity index is 0.00000481. The molecule has 37 heavy (non-hydrogen) atoms. The normalized spacial score (nSPS) is 12.2. The Morgan fingerprint density at radius 2 is 0.919 bits per heavy atom. The summed E-state index contributed by atoms with van der Waals surface area (Å²) in [7, 11) is 0. The molecule has 1 atom stereocenters. The van der Waals surface area contributed by atoms with Gasteiger partial charge in [0.25, 0.3) is 0 Å². The highest BCUT2D eigenvalue weighted by Gasteiger charge is 2.35. The van der Waals surface area contributed by atoms with Crippen molar-refractivity contribution < 1.29 is 0 Å². The first-order chi connectivity index (χ1) is 17.7. The van der Waals surface area contributed by atoms with Crippen molar-refractivity contribution in [3.05, 3.63) is 108 Å². The zero-order chi connectivity index (χ0) is 25.3. The van der Waals surface area contributed by atoms with Gasteiger partial charge in [0, 0.05) is 5.54 Å². The summed E-state index contributed by atoms with van der Waals surface area (Å²) in [6.07, 6.45) is 17.8. The van der Waals surface area contributed by atoms with E-state index in [9.17, 15) is 0 Å². The summed E-state index contributed by atoms with van der Waals surface area (Å²) in [5.41, 5.74) is 11.3. The molecule has 202 valence electrons. The lowest BCUT2D eigenvalue weighted by atomic mass is 9.71. The monoisotopic (exact) mass is 611 g/mol. The second-order valence-electron chi connectivity index (χ2n) is 10.9. The number of unbranched alkanes of at least 4 members (excludes halogenated alkanes) is 9. The van der Waals surface area contributed by atoms with Gasteiger partial charge < -0.3 is 5.73 Å². The van der Waals surface area contributed by atoms with E-state index in [1.54, 1.807) is 0 Å². The molecule has 0 heterocycles. The van der Waals surface area contributed by atoms with E-state index in [1.165, 1.54) is 87.3 Å². The van der Waals surface area contributed by atoms with Crippen molar-refractivity contribution in [3.8, 4) is 0 Å². The molecule has 3 aromatic carbocycles. The van der Waals surface area contributed by atoms with Crippen LogP contribution in [-0.4, -0.2) is 5.54 Å². The van der Waals surface area contributed by atoms with Gasteiger partial charge in [0.1, 0.15) is 0 Å². The Kier molecular flexibility index (Phi) is 15.8. The van der Waals surface area contributed by atoms with Crippen LogP contribution in [0.1, 0.15) is 94.2 Å². The van der Waals surface area contributed by atoms with Crippen LogP contribution in [0.3, 0.4) is 0 Å². The molecule has 0 aliphatic carbocycles. The van der Waals surface area contributed by atoms with E-state index >= 15 is 0 Å². The second-order valence-corrected chi connectivity index (χ2v) is 10.9. The molecule has 0 radical (unpaired) electrons. The summed E-state index contributed by atoms with van der Waals surface area (Å²) < 4.78 is 0. The minimum Gasteiger partial charge on any atom is -0.324 e. The molecule has 0 aliphatic rings. The van der Waals surface area contributed by atoms with Crippen LogP contribution in [0.15, 0.2) is 91.0 Å². The van der Waals surface area contributed by atoms with E-state index in [0.29, 0.717) is 5.92 Å². The predicted molar refractivity (Wildman–Crippen MR) is 173 cm³/mol. The molecule has 0 aliphatic heterocycles. The van der Waals surface area contributed by atoms with Crippen LogP contribution in [0, 0.1) is 5.92 Å². The van der Waals surface area contributed by atoms with Gasteiger partial charge in [-0.15, -0.1) is 24.0 Å². The Morgan fingerprint density at radius 1 is 0.541 bits per heavy atom. The fraction of sp³-hybridized carbons (Fsp3) is 0.486. The molecule has 2 heteroatoms. The van der Waals surface area contributed by atoms with Crippen molar-refractivity contribution in [2.45, 2.75) is 102 Å². The summed E-state index contributed by atoms with van der Waals surface area (Å²) in [5.74, 6) is 0.439. The van der Waals surface area contributed by atoms with Crippen LogP contribution in [0.2, 0.25) is 0 Å². The van der Waals surface area contributed by atoms with E-state index in [4.69, 9.17) is 5.73 Å². The molecule has 1 nitrogen and oxygen atoms in total. The van der Waals surface area contributed by atoms with Gasteiger partial charge in [-0.25, -0.2) is 0 Å². The molecular formula is C35H50IN. The third-order valence-electron chi connectivity index (χ3n) is 7.80. The van der Waals surface area contributed by atoms with Crippen LogP contribution >= 0.6 is 24.0 Å². The quantitative estimate of drug-likeness (QED) is 0.112. The predicted octanol–water partition coefficient (Wildman–Crippen LogP) is 9.96. The van der Waals surface area contributed by atoms with Crippen molar-refractivity contribution in [2.24, 2.45) is 11.7 Å². The number of rotatable bonds is 18. The topological polar surface area (TPSA) is 26.0 Å². The molecule has 0 fully saturated rings. The highest BCUT2D eigenvalue weighted by molar-refractivity contribution is 14.0. The first-order valence-electron chi connectivity index (χ1n) is 14.6. The fourth-order valence-electron chi connectivity index (χ4n) is 5.67. The zero-order valence-corrected chi connectivity index (χ0v) is 25.5. The van der Waals surface area contributed by atoms with E-state index < -0.39 is 0 Å². The Hall–Kier alpha value is -1.65. The van der Waals surface area contributed by atoms with Crippen molar-refractivity contribution in [2.75, 3.05) is 0 Å². The number of halogens is 1. The van der Waals surface area contributed by atoms with Gasteiger partial charge in [0.2, 0.25) is 0 Å². The van der Waals surface area contributed by atoms with Gasteiger partial charge in [-0.3, -0.25) is 0 Å². The van der Waals surface area contributed by atoms with Gasteiger partial charge >= 0.3 is 0 Å². The number of hydrogen-bond donors (Lipinski definition) is 1. The van der Waals surface area contributed by atoms with Crippen LogP contribution in [0.5, 0.6) is 0 Å².